The minimum Gasteiger partial charge on any atom is -0.338 e. The first kappa shape index (κ1) is 13.7. The van der Waals surface area contributed by atoms with Crippen LogP contribution in [0.3, 0.4) is 0 Å². The summed E-state index contributed by atoms with van der Waals surface area (Å²) in [5, 5.41) is 5.17. The van der Waals surface area contributed by atoms with Crippen LogP contribution in [0.4, 0.5) is 0 Å². The van der Waals surface area contributed by atoms with Crippen LogP contribution in [0.15, 0.2) is 4.52 Å². The van der Waals surface area contributed by atoms with Crippen molar-refractivity contribution in [2.75, 3.05) is 11.5 Å². The van der Waals surface area contributed by atoms with Crippen LogP contribution in [0.2, 0.25) is 0 Å². The Hall–Kier alpha value is 0.320. The zero-order valence-electron chi connectivity index (χ0n) is 10.1. The maximum Gasteiger partial charge on any atom is 0.240 e. The molecule has 2 rings (SSSR count). The number of aromatic nitrogens is 2. The van der Waals surface area contributed by atoms with Gasteiger partial charge in [0.25, 0.3) is 0 Å². The average molecular weight is 337 g/mol. The Kier molecular flexibility index (Phi) is 5.24. The van der Waals surface area contributed by atoms with Crippen molar-refractivity contribution < 1.29 is 4.52 Å². The predicted octanol–water partition coefficient (Wildman–Crippen LogP) is 4.22. The zero-order chi connectivity index (χ0) is 12.3. The van der Waals surface area contributed by atoms with Crippen LogP contribution in [-0.4, -0.2) is 26.9 Å². The average Bonchev–Trinajstić information content (AvgIpc) is 2.87. The number of hydrogen-bond acceptors (Lipinski definition) is 5. The topological polar surface area (TPSA) is 38.9 Å². The summed E-state index contributed by atoms with van der Waals surface area (Å²) in [6.07, 6.45) is 2.13. The van der Waals surface area contributed by atoms with E-state index in [1.807, 2.05) is 23.5 Å². The zero-order valence-corrected chi connectivity index (χ0v) is 13.3. The third-order valence-corrected chi connectivity index (χ3v) is 7.07. The first-order valence-corrected chi connectivity index (χ1v) is 8.98. The second kappa shape index (κ2) is 6.48. The van der Waals surface area contributed by atoms with E-state index in [2.05, 4.69) is 39.9 Å². The van der Waals surface area contributed by atoms with E-state index in [4.69, 9.17) is 4.52 Å². The highest BCUT2D eigenvalue weighted by Crippen LogP contribution is 2.43. The van der Waals surface area contributed by atoms with Gasteiger partial charge in [-0.15, -0.1) is 11.8 Å². The number of rotatable bonds is 4. The quantitative estimate of drug-likeness (QED) is 0.770. The van der Waals surface area contributed by atoms with Crippen molar-refractivity contribution in [1.82, 2.24) is 10.1 Å². The fraction of sp³-hybridized carbons (Fsp3) is 0.818. The van der Waals surface area contributed by atoms with Crippen LogP contribution in [0.1, 0.15) is 48.5 Å². The number of alkyl halides is 1. The van der Waals surface area contributed by atoms with E-state index < -0.39 is 0 Å². The summed E-state index contributed by atoms with van der Waals surface area (Å²) < 4.78 is 5.33. The van der Waals surface area contributed by atoms with Gasteiger partial charge in [-0.05, 0) is 12.8 Å². The van der Waals surface area contributed by atoms with E-state index in [1.54, 1.807) is 0 Å². The standard InChI is InChI=1S/C11H17BrN2OS2/c1-3-7(12)11-13-10(14-15-11)9-8(4-2)16-5-6-17-9/h7-9H,3-6H2,1-2H3. The highest BCUT2D eigenvalue weighted by Gasteiger charge is 2.30. The highest BCUT2D eigenvalue weighted by molar-refractivity contribution is 9.09. The summed E-state index contributed by atoms with van der Waals surface area (Å²) >= 11 is 7.54. The first-order chi connectivity index (χ1) is 8.26. The lowest BCUT2D eigenvalue weighted by Gasteiger charge is -2.27. The number of thioether (sulfide) groups is 2. The normalized spacial score (nSPS) is 27.0. The maximum absolute atomic E-state index is 5.33. The van der Waals surface area contributed by atoms with Gasteiger partial charge < -0.3 is 4.52 Å². The van der Waals surface area contributed by atoms with Gasteiger partial charge in [0.2, 0.25) is 5.89 Å². The van der Waals surface area contributed by atoms with Crippen LogP contribution >= 0.6 is 39.5 Å². The SMILES string of the molecule is CCC(Br)c1nc(C2SCCSC2CC)no1. The molecule has 3 unspecified atom stereocenters. The lowest BCUT2D eigenvalue weighted by molar-refractivity contribution is 0.370. The summed E-state index contributed by atoms with van der Waals surface area (Å²) in [7, 11) is 0. The molecule has 0 radical (unpaired) electrons. The Morgan fingerprint density at radius 2 is 2.18 bits per heavy atom. The second-order valence-corrected chi connectivity index (χ2v) is 7.68. The smallest absolute Gasteiger partial charge is 0.240 e. The predicted molar refractivity (Wildman–Crippen MR) is 78.0 cm³/mol. The molecule has 0 amide bonds. The molecule has 1 aliphatic heterocycles. The van der Waals surface area contributed by atoms with E-state index in [0.29, 0.717) is 16.4 Å². The minimum absolute atomic E-state index is 0.185. The van der Waals surface area contributed by atoms with Gasteiger partial charge in [0.1, 0.15) is 0 Å². The molecule has 1 saturated heterocycles. The Labute approximate surface area is 119 Å². The third-order valence-electron chi connectivity index (χ3n) is 2.79. The van der Waals surface area contributed by atoms with Crippen molar-refractivity contribution in [3.63, 3.8) is 0 Å². The molecule has 0 spiro atoms. The Bertz CT molecular complexity index is 361. The molecular weight excluding hydrogens is 320 g/mol. The van der Waals surface area contributed by atoms with Gasteiger partial charge >= 0.3 is 0 Å². The van der Waals surface area contributed by atoms with E-state index >= 15 is 0 Å². The minimum atomic E-state index is 0.185. The van der Waals surface area contributed by atoms with Crippen LogP contribution < -0.4 is 0 Å². The largest absolute Gasteiger partial charge is 0.338 e. The summed E-state index contributed by atoms with van der Waals surface area (Å²) in [6, 6.07) is 0. The Balaban J connectivity index is 2.12. The number of nitrogens with zero attached hydrogens (tertiary/aromatic N) is 2. The van der Waals surface area contributed by atoms with Crippen LogP contribution in [-0.2, 0) is 0 Å². The van der Waals surface area contributed by atoms with Crippen LogP contribution in [0.25, 0.3) is 0 Å². The molecule has 1 aromatic rings. The third kappa shape index (κ3) is 3.20. The van der Waals surface area contributed by atoms with Crippen molar-refractivity contribution in [3.8, 4) is 0 Å². The molecule has 3 nitrogen and oxygen atoms in total. The van der Waals surface area contributed by atoms with Gasteiger partial charge in [0, 0.05) is 16.8 Å². The number of halogens is 1. The van der Waals surface area contributed by atoms with Crippen molar-refractivity contribution in [3.05, 3.63) is 11.7 Å². The van der Waals surface area contributed by atoms with Gasteiger partial charge in [0.15, 0.2) is 5.82 Å². The lowest BCUT2D eigenvalue weighted by atomic mass is 10.2. The van der Waals surface area contributed by atoms with Gasteiger partial charge in [0.05, 0.1) is 10.1 Å². The molecule has 0 aliphatic carbocycles. The van der Waals surface area contributed by atoms with Crippen molar-refractivity contribution >= 4 is 39.5 Å². The molecule has 1 aliphatic rings. The summed E-state index contributed by atoms with van der Waals surface area (Å²) in [5.41, 5.74) is 0. The molecular formula is C11H17BrN2OS2. The van der Waals surface area contributed by atoms with Crippen LogP contribution in [0, 0.1) is 0 Å². The van der Waals surface area contributed by atoms with Gasteiger partial charge in [-0.1, -0.05) is 34.9 Å². The van der Waals surface area contributed by atoms with Crippen molar-refractivity contribution in [1.29, 1.82) is 0 Å². The summed E-state index contributed by atoms with van der Waals surface area (Å²) in [6.45, 7) is 4.33. The Morgan fingerprint density at radius 3 is 2.88 bits per heavy atom. The lowest BCUT2D eigenvalue weighted by Crippen LogP contribution is -2.19. The van der Waals surface area contributed by atoms with Gasteiger partial charge in [-0.25, -0.2) is 0 Å². The molecule has 1 fully saturated rings. The molecule has 3 atom stereocenters. The van der Waals surface area contributed by atoms with E-state index in [0.717, 1.165) is 18.7 Å². The van der Waals surface area contributed by atoms with E-state index in [9.17, 15) is 0 Å². The van der Waals surface area contributed by atoms with Gasteiger partial charge in [-0.2, -0.15) is 16.7 Å². The van der Waals surface area contributed by atoms with E-state index in [1.165, 1.54) is 11.5 Å². The van der Waals surface area contributed by atoms with Crippen molar-refractivity contribution in [2.45, 2.75) is 42.0 Å². The molecule has 0 saturated carbocycles. The molecule has 0 aromatic carbocycles. The summed E-state index contributed by atoms with van der Waals surface area (Å²) in [4.78, 5) is 4.73. The molecule has 1 aromatic heterocycles. The van der Waals surface area contributed by atoms with Gasteiger partial charge in [-0.3, -0.25) is 0 Å². The first-order valence-electron chi connectivity index (χ1n) is 5.97. The maximum atomic E-state index is 5.33. The summed E-state index contributed by atoms with van der Waals surface area (Å²) in [5.74, 6) is 4.01. The fourth-order valence-electron chi connectivity index (χ4n) is 1.81. The molecule has 0 bridgehead atoms. The number of hydrogen-bond donors (Lipinski definition) is 0. The van der Waals surface area contributed by atoms with Crippen molar-refractivity contribution in [2.24, 2.45) is 0 Å². The molecule has 17 heavy (non-hydrogen) atoms. The fourth-order valence-corrected chi connectivity index (χ4v) is 4.97. The molecule has 0 N–H and O–H groups in total. The highest BCUT2D eigenvalue weighted by atomic mass is 79.9. The molecule has 6 heteroatoms. The molecule has 2 heterocycles. The monoisotopic (exact) mass is 336 g/mol. The van der Waals surface area contributed by atoms with E-state index in [-0.39, 0.29) is 4.83 Å². The molecule has 96 valence electrons. The Morgan fingerprint density at radius 1 is 1.41 bits per heavy atom. The second-order valence-electron chi connectivity index (χ2n) is 3.98. The van der Waals surface area contributed by atoms with Crippen LogP contribution in [0.5, 0.6) is 0 Å².